The van der Waals surface area contributed by atoms with Crippen LogP contribution in [0.3, 0.4) is 0 Å². The number of nitrogens with zero attached hydrogens (tertiary/aromatic N) is 1. The number of alkyl halides is 3. The zero-order chi connectivity index (χ0) is 26.7. The number of nitrogens with one attached hydrogen (secondary N) is 1. The van der Waals surface area contributed by atoms with Gasteiger partial charge in [-0.2, -0.15) is 26.9 Å². The van der Waals surface area contributed by atoms with Gasteiger partial charge >= 0.3 is 16.3 Å². The van der Waals surface area contributed by atoms with Crippen molar-refractivity contribution in [2.75, 3.05) is 5.32 Å². The Hall–Kier alpha value is -3.23. The van der Waals surface area contributed by atoms with Gasteiger partial charge in [0.25, 0.3) is 5.91 Å². The molecule has 3 aromatic rings. The predicted octanol–water partition coefficient (Wildman–Crippen LogP) is 6.98. The van der Waals surface area contributed by atoms with E-state index in [2.05, 4.69) is 5.32 Å². The zero-order valence-electron chi connectivity index (χ0n) is 17.6. The maximum Gasteiger partial charge on any atom is 0.416 e. The molecule has 36 heavy (non-hydrogen) atoms. The molecule has 0 fully saturated rings. The number of hydrogen-bond donors (Lipinski definition) is 1. The van der Waals surface area contributed by atoms with Gasteiger partial charge in [0, 0.05) is 21.3 Å². The second-order valence-corrected chi connectivity index (χ2v) is 9.83. The summed E-state index contributed by atoms with van der Waals surface area (Å²) in [6, 6.07) is 12.8. The molecule has 0 saturated carbocycles. The summed E-state index contributed by atoms with van der Waals surface area (Å²) < 4.78 is 69.5. The molecule has 0 spiro atoms. The van der Waals surface area contributed by atoms with Crippen molar-refractivity contribution in [1.29, 1.82) is 5.26 Å². The van der Waals surface area contributed by atoms with Gasteiger partial charge in [0.1, 0.15) is 16.5 Å². The number of anilines is 1. The van der Waals surface area contributed by atoms with E-state index in [1.807, 2.05) is 0 Å². The number of carbonyl (C=O) groups excluding carboxylic acids is 1. The van der Waals surface area contributed by atoms with Crippen molar-refractivity contribution in [3.05, 3.63) is 92.4 Å². The smallest absolute Gasteiger partial charge is 0.377 e. The highest BCUT2D eigenvalue weighted by atomic mass is 35.5. The summed E-state index contributed by atoms with van der Waals surface area (Å²) in [7, 11) is -4.42. The molecule has 0 saturated heterocycles. The van der Waals surface area contributed by atoms with Gasteiger partial charge in [-0.25, -0.2) is 0 Å². The first-order valence-corrected chi connectivity index (χ1v) is 12.1. The first-order valence-electron chi connectivity index (χ1n) is 9.59. The Morgan fingerprint density at radius 3 is 2.28 bits per heavy atom. The highest BCUT2D eigenvalue weighted by Crippen LogP contribution is 2.36. The normalized spacial score (nSPS) is 12.1. The number of nitriles is 1. The Morgan fingerprint density at radius 2 is 1.67 bits per heavy atom. The van der Waals surface area contributed by atoms with Crippen molar-refractivity contribution in [1.82, 2.24) is 0 Å². The van der Waals surface area contributed by atoms with Crippen molar-refractivity contribution < 1.29 is 30.6 Å². The molecule has 3 aromatic carbocycles. The van der Waals surface area contributed by atoms with Crippen molar-refractivity contribution in [2.45, 2.75) is 11.1 Å². The molecule has 0 atom stereocenters. The molecule has 0 heterocycles. The van der Waals surface area contributed by atoms with E-state index in [0.29, 0.717) is 6.07 Å². The standard InChI is InChI=1S/C23H12Cl3F3N2O4S/c24-16-4-6-19(7-5-16)36(33,34)35-21-13(9-17(25)11-20(21)26)8-14(12-30)22(32)31-18-3-1-2-15(10-18)23(27,28)29/h1-11H,(H,31,32)/b14-8+. The second-order valence-electron chi connectivity index (χ2n) is 7.00. The van der Waals surface area contributed by atoms with E-state index in [9.17, 15) is 31.6 Å². The molecule has 13 heteroatoms. The lowest BCUT2D eigenvalue weighted by Crippen LogP contribution is -2.15. The molecule has 186 valence electrons. The van der Waals surface area contributed by atoms with E-state index in [0.717, 1.165) is 18.2 Å². The van der Waals surface area contributed by atoms with E-state index >= 15 is 0 Å². The van der Waals surface area contributed by atoms with Crippen LogP contribution in [-0.2, 0) is 21.1 Å². The summed E-state index contributed by atoms with van der Waals surface area (Å²) in [5.41, 5.74) is -1.98. The van der Waals surface area contributed by atoms with E-state index in [1.54, 1.807) is 6.07 Å². The molecule has 0 unspecified atom stereocenters. The Kier molecular flexibility index (Phi) is 8.21. The van der Waals surface area contributed by atoms with Crippen molar-refractivity contribution in [3.63, 3.8) is 0 Å². The molecule has 3 rings (SSSR count). The fourth-order valence-corrected chi connectivity index (χ4v) is 4.50. The third kappa shape index (κ3) is 6.71. The molecule has 0 bridgehead atoms. The van der Waals surface area contributed by atoms with Crippen LogP contribution in [0.25, 0.3) is 6.08 Å². The molecule has 0 aliphatic carbocycles. The molecule has 0 aliphatic rings. The van der Waals surface area contributed by atoms with Gasteiger partial charge in [-0.1, -0.05) is 40.9 Å². The second kappa shape index (κ2) is 10.8. The summed E-state index contributed by atoms with van der Waals surface area (Å²) in [5.74, 6) is -1.50. The average Bonchev–Trinajstić information content (AvgIpc) is 2.79. The molecule has 1 N–H and O–H groups in total. The lowest BCUT2D eigenvalue weighted by molar-refractivity contribution is -0.137. The zero-order valence-corrected chi connectivity index (χ0v) is 20.7. The Balaban J connectivity index is 1.98. The fraction of sp³-hybridized carbons (Fsp3) is 0.0435. The monoisotopic (exact) mass is 574 g/mol. The van der Waals surface area contributed by atoms with Gasteiger partial charge in [-0.3, -0.25) is 4.79 Å². The van der Waals surface area contributed by atoms with Gasteiger partial charge in [0.15, 0.2) is 5.75 Å². The van der Waals surface area contributed by atoms with Crippen molar-refractivity contribution >= 4 is 62.6 Å². The fourth-order valence-electron chi connectivity index (χ4n) is 2.81. The van der Waals surface area contributed by atoms with Gasteiger partial charge < -0.3 is 9.50 Å². The van der Waals surface area contributed by atoms with Gasteiger partial charge in [0.2, 0.25) is 0 Å². The third-order valence-corrected chi connectivity index (χ3v) is 6.43. The Morgan fingerprint density at radius 1 is 1.00 bits per heavy atom. The van der Waals surface area contributed by atoms with Crippen molar-refractivity contribution in [2.24, 2.45) is 0 Å². The van der Waals surface area contributed by atoms with Crippen LogP contribution in [0.2, 0.25) is 15.1 Å². The number of rotatable bonds is 6. The summed E-state index contributed by atoms with van der Waals surface area (Å²) in [6.07, 6.45) is -3.71. The molecule has 0 aromatic heterocycles. The van der Waals surface area contributed by atoms with E-state index in [4.69, 9.17) is 39.0 Å². The highest BCUT2D eigenvalue weighted by molar-refractivity contribution is 7.87. The lowest BCUT2D eigenvalue weighted by atomic mass is 10.1. The van der Waals surface area contributed by atoms with Crippen LogP contribution in [-0.4, -0.2) is 14.3 Å². The number of benzene rings is 3. The van der Waals surface area contributed by atoms with Gasteiger partial charge in [-0.05, 0) is 60.7 Å². The van der Waals surface area contributed by atoms with Crippen LogP contribution in [0.4, 0.5) is 18.9 Å². The Bertz CT molecular complexity index is 1500. The molecular formula is C23H12Cl3F3N2O4S. The van der Waals surface area contributed by atoms with Crippen molar-refractivity contribution in [3.8, 4) is 11.8 Å². The molecular weight excluding hydrogens is 564 g/mol. The average molecular weight is 576 g/mol. The number of amides is 1. The van der Waals surface area contributed by atoms with Crippen LogP contribution >= 0.6 is 34.8 Å². The van der Waals surface area contributed by atoms with Crippen LogP contribution in [0, 0.1) is 11.3 Å². The number of halogens is 6. The number of hydrogen-bond acceptors (Lipinski definition) is 5. The third-order valence-electron chi connectivity index (χ3n) is 4.45. The van der Waals surface area contributed by atoms with E-state index < -0.39 is 39.1 Å². The first-order chi connectivity index (χ1) is 16.8. The summed E-state index contributed by atoms with van der Waals surface area (Å²) in [6.45, 7) is 0. The van der Waals surface area contributed by atoms with Crippen LogP contribution in [0.15, 0.2) is 71.1 Å². The topological polar surface area (TPSA) is 96.3 Å². The quantitative estimate of drug-likeness (QED) is 0.194. The maximum atomic E-state index is 12.9. The van der Waals surface area contributed by atoms with Crippen LogP contribution in [0.1, 0.15) is 11.1 Å². The molecule has 0 aliphatic heterocycles. The minimum absolute atomic E-state index is 0.0260. The molecule has 0 radical (unpaired) electrons. The molecule has 6 nitrogen and oxygen atoms in total. The Labute approximate surface area is 218 Å². The predicted molar refractivity (Wildman–Crippen MR) is 129 cm³/mol. The molecule has 1 amide bonds. The van der Waals surface area contributed by atoms with E-state index in [-0.39, 0.29) is 31.2 Å². The maximum absolute atomic E-state index is 12.9. The number of carbonyl (C=O) groups is 1. The van der Waals surface area contributed by atoms with Gasteiger partial charge in [0.05, 0.1) is 10.6 Å². The minimum atomic E-state index is -4.64. The SMILES string of the molecule is N#C/C(=C\c1cc(Cl)cc(Cl)c1OS(=O)(=O)c1ccc(Cl)cc1)C(=O)Nc1cccc(C(F)(F)F)c1. The largest absolute Gasteiger partial charge is 0.416 e. The summed E-state index contributed by atoms with van der Waals surface area (Å²) in [5, 5.41) is 11.7. The van der Waals surface area contributed by atoms with E-state index in [1.165, 1.54) is 42.5 Å². The van der Waals surface area contributed by atoms with Gasteiger partial charge in [-0.15, -0.1) is 0 Å². The lowest BCUT2D eigenvalue weighted by Gasteiger charge is -2.13. The minimum Gasteiger partial charge on any atom is -0.377 e. The summed E-state index contributed by atoms with van der Waals surface area (Å²) in [4.78, 5) is 12.4. The first kappa shape index (κ1) is 27.4. The van der Waals surface area contributed by atoms with Crippen LogP contribution < -0.4 is 9.50 Å². The van der Waals surface area contributed by atoms with Crippen LogP contribution in [0.5, 0.6) is 5.75 Å². The summed E-state index contributed by atoms with van der Waals surface area (Å²) >= 11 is 17.9. The highest BCUT2D eigenvalue weighted by Gasteiger charge is 2.30.